The fourth-order valence-electron chi connectivity index (χ4n) is 3.35. The number of amides is 3. The van der Waals surface area contributed by atoms with Gasteiger partial charge < -0.3 is 10.1 Å². The third-order valence-corrected chi connectivity index (χ3v) is 5.86. The van der Waals surface area contributed by atoms with E-state index in [1.165, 1.54) is 11.3 Å². The summed E-state index contributed by atoms with van der Waals surface area (Å²) in [7, 11) is 0. The number of carbonyl (C=O) groups excluding carboxylic acids is 3. The molecule has 0 unspecified atom stereocenters. The van der Waals surface area contributed by atoms with Gasteiger partial charge in [-0.1, -0.05) is 37.3 Å². The first-order valence-corrected chi connectivity index (χ1v) is 10.3. The van der Waals surface area contributed by atoms with Crippen LogP contribution in [-0.2, 0) is 28.8 Å². The van der Waals surface area contributed by atoms with Crippen molar-refractivity contribution in [1.29, 1.82) is 0 Å². The van der Waals surface area contributed by atoms with Crippen LogP contribution in [0.1, 0.15) is 46.6 Å². The fraction of sp³-hybridized carbons (Fsp3) is 0.381. The Labute approximate surface area is 168 Å². The first-order chi connectivity index (χ1) is 13.5. The maximum Gasteiger partial charge on any atom is 0.414 e. The van der Waals surface area contributed by atoms with E-state index >= 15 is 0 Å². The van der Waals surface area contributed by atoms with Gasteiger partial charge in [0, 0.05) is 4.88 Å². The lowest BCUT2D eigenvalue weighted by molar-refractivity contribution is -0.115. The quantitative estimate of drug-likeness (QED) is 0.796. The predicted molar refractivity (Wildman–Crippen MR) is 109 cm³/mol. The highest BCUT2D eigenvalue weighted by Gasteiger charge is 2.29. The van der Waals surface area contributed by atoms with E-state index in [0.29, 0.717) is 16.5 Å². The molecule has 0 fully saturated rings. The lowest BCUT2D eigenvalue weighted by Crippen LogP contribution is -2.32. The van der Waals surface area contributed by atoms with E-state index in [0.717, 1.165) is 35.3 Å². The first-order valence-electron chi connectivity index (χ1n) is 9.44. The summed E-state index contributed by atoms with van der Waals surface area (Å²) in [5.74, 6) is -0.191. The second kappa shape index (κ2) is 9.01. The molecule has 1 heterocycles. The van der Waals surface area contributed by atoms with Crippen LogP contribution < -0.4 is 10.6 Å². The lowest BCUT2D eigenvalue weighted by atomic mass is 9.88. The molecule has 3 rings (SSSR count). The zero-order chi connectivity index (χ0) is 20.1. The average molecular weight is 401 g/mol. The molecule has 6 nitrogen and oxygen atoms in total. The van der Waals surface area contributed by atoms with Crippen molar-refractivity contribution in [1.82, 2.24) is 5.32 Å². The monoisotopic (exact) mass is 400 g/mol. The fourth-order valence-corrected chi connectivity index (χ4v) is 4.78. The molecule has 1 aromatic heterocycles. The van der Waals surface area contributed by atoms with Crippen molar-refractivity contribution >= 4 is 34.2 Å². The Hall–Kier alpha value is -2.67. The van der Waals surface area contributed by atoms with Crippen molar-refractivity contribution < 1.29 is 19.1 Å². The minimum Gasteiger partial charge on any atom is -0.450 e. The molecule has 28 heavy (non-hydrogen) atoms. The van der Waals surface area contributed by atoms with Gasteiger partial charge in [-0.25, -0.2) is 4.79 Å². The number of thiophene rings is 1. The van der Waals surface area contributed by atoms with Crippen molar-refractivity contribution in [2.75, 3.05) is 11.9 Å². The van der Waals surface area contributed by atoms with Gasteiger partial charge in [0.1, 0.15) is 5.00 Å². The smallest absolute Gasteiger partial charge is 0.414 e. The molecule has 2 aromatic rings. The summed E-state index contributed by atoms with van der Waals surface area (Å²) in [5, 5.41) is 5.65. The number of rotatable bonds is 5. The zero-order valence-corrected chi connectivity index (χ0v) is 16.9. The van der Waals surface area contributed by atoms with Crippen LogP contribution in [0.15, 0.2) is 30.3 Å². The molecule has 1 aliphatic rings. The second-order valence-corrected chi connectivity index (χ2v) is 8.05. The summed E-state index contributed by atoms with van der Waals surface area (Å²) < 4.78 is 4.82. The highest BCUT2D eigenvalue weighted by atomic mass is 32.1. The standard InChI is InChI=1S/C21H24N2O4S/c1-3-27-21(26)23-19(25)18-15-10-9-13(2)11-16(15)28-20(18)22-17(24)12-14-7-5-4-6-8-14/h4-8,13H,3,9-12H2,1-2H3,(H,22,24)(H,23,25,26)/t13-/m0/s1. The summed E-state index contributed by atoms with van der Waals surface area (Å²) in [6.07, 6.45) is 2.04. The Morgan fingerprint density at radius 2 is 1.96 bits per heavy atom. The maximum absolute atomic E-state index is 12.7. The highest BCUT2D eigenvalue weighted by molar-refractivity contribution is 7.17. The Morgan fingerprint density at radius 1 is 1.21 bits per heavy atom. The number of fused-ring (bicyclic) bond motifs is 1. The van der Waals surface area contributed by atoms with E-state index in [-0.39, 0.29) is 18.9 Å². The van der Waals surface area contributed by atoms with Crippen LogP contribution in [0.5, 0.6) is 0 Å². The van der Waals surface area contributed by atoms with Gasteiger partial charge in [-0.2, -0.15) is 0 Å². The number of carbonyl (C=O) groups is 3. The molecule has 148 valence electrons. The van der Waals surface area contributed by atoms with Gasteiger partial charge in [0.05, 0.1) is 18.6 Å². The van der Waals surface area contributed by atoms with E-state index in [9.17, 15) is 14.4 Å². The number of alkyl carbamates (subject to hydrolysis) is 1. The van der Waals surface area contributed by atoms with Crippen molar-refractivity contribution in [2.45, 2.75) is 39.5 Å². The van der Waals surface area contributed by atoms with Crippen LogP contribution in [-0.4, -0.2) is 24.5 Å². The number of hydrogen-bond donors (Lipinski definition) is 2. The molecule has 0 saturated carbocycles. The zero-order valence-electron chi connectivity index (χ0n) is 16.0. The first kappa shape index (κ1) is 20.1. The van der Waals surface area contributed by atoms with E-state index in [1.807, 2.05) is 30.3 Å². The van der Waals surface area contributed by atoms with Crippen LogP contribution in [0.3, 0.4) is 0 Å². The number of ether oxygens (including phenoxy) is 1. The van der Waals surface area contributed by atoms with E-state index in [4.69, 9.17) is 4.74 Å². The summed E-state index contributed by atoms with van der Waals surface area (Å²) >= 11 is 1.43. The normalized spacial score (nSPS) is 15.4. The third kappa shape index (κ3) is 4.78. The minimum absolute atomic E-state index is 0.180. The molecule has 1 atom stereocenters. The molecule has 1 aliphatic carbocycles. The van der Waals surface area contributed by atoms with Gasteiger partial charge in [0.2, 0.25) is 5.91 Å². The summed E-state index contributed by atoms with van der Waals surface area (Å²) in [5.41, 5.74) is 2.22. The number of nitrogens with one attached hydrogen (secondary N) is 2. The highest BCUT2D eigenvalue weighted by Crippen LogP contribution is 2.39. The predicted octanol–water partition coefficient (Wildman–Crippen LogP) is 3.94. The number of hydrogen-bond acceptors (Lipinski definition) is 5. The van der Waals surface area contributed by atoms with Gasteiger partial charge in [-0.3, -0.25) is 14.9 Å². The van der Waals surface area contributed by atoms with Gasteiger partial charge in [0.25, 0.3) is 5.91 Å². The van der Waals surface area contributed by atoms with Crippen LogP contribution in [0.4, 0.5) is 9.80 Å². The third-order valence-electron chi connectivity index (χ3n) is 4.69. The Morgan fingerprint density at radius 3 is 2.68 bits per heavy atom. The number of imide groups is 1. The van der Waals surface area contributed by atoms with Crippen molar-refractivity contribution in [2.24, 2.45) is 5.92 Å². The molecule has 1 aromatic carbocycles. The molecule has 7 heteroatoms. The Bertz CT molecular complexity index is 876. The Kier molecular flexibility index (Phi) is 6.46. The van der Waals surface area contributed by atoms with Crippen LogP contribution in [0.25, 0.3) is 0 Å². The molecule has 3 amide bonds. The molecule has 0 aliphatic heterocycles. The molecule has 2 N–H and O–H groups in total. The van der Waals surface area contributed by atoms with E-state index < -0.39 is 12.0 Å². The average Bonchev–Trinajstić information content (AvgIpc) is 2.99. The van der Waals surface area contributed by atoms with Crippen LogP contribution >= 0.6 is 11.3 Å². The van der Waals surface area contributed by atoms with Gasteiger partial charge in [0.15, 0.2) is 0 Å². The topological polar surface area (TPSA) is 84.5 Å². The van der Waals surface area contributed by atoms with Crippen molar-refractivity contribution in [3.63, 3.8) is 0 Å². The molecular formula is C21H24N2O4S. The molecule has 0 saturated heterocycles. The summed E-state index contributed by atoms with van der Waals surface area (Å²) in [6, 6.07) is 9.43. The Balaban J connectivity index is 1.83. The lowest BCUT2D eigenvalue weighted by Gasteiger charge is -2.18. The second-order valence-electron chi connectivity index (χ2n) is 6.94. The van der Waals surface area contributed by atoms with Gasteiger partial charge in [-0.05, 0) is 43.2 Å². The van der Waals surface area contributed by atoms with Crippen LogP contribution in [0.2, 0.25) is 0 Å². The number of benzene rings is 1. The van der Waals surface area contributed by atoms with E-state index in [1.54, 1.807) is 6.92 Å². The van der Waals surface area contributed by atoms with E-state index in [2.05, 4.69) is 17.6 Å². The molecule has 0 bridgehead atoms. The SMILES string of the molecule is CCOC(=O)NC(=O)c1c(NC(=O)Cc2ccccc2)sc2c1CC[C@H](C)C2. The van der Waals surface area contributed by atoms with Gasteiger partial charge in [-0.15, -0.1) is 11.3 Å². The molecule has 0 spiro atoms. The van der Waals surface area contributed by atoms with Crippen molar-refractivity contribution in [3.8, 4) is 0 Å². The molecule has 0 radical (unpaired) electrons. The van der Waals surface area contributed by atoms with Crippen molar-refractivity contribution in [3.05, 3.63) is 51.9 Å². The van der Waals surface area contributed by atoms with Gasteiger partial charge >= 0.3 is 6.09 Å². The number of anilines is 1. The largest absolute Gasteiger partial charge is 0.450 e. The summed E-state index contributed by atoms with van der Waals surface area (Å²) in [6.45, 7) is 4.03. The van der Waals surface area contributed by atoms with Crippen LogP contribution in [0, 0.1) is 5.92 Å². The summed E-state index contributed by atoms with van der Waals surface area (Å²) in [4.78, 5) is 38.1. The minimum atomic E-state index is -0.779. The maximum atomic E-state index is 12.7. The molecular weight excluding hydrogens is 376 g/mol.